The number of nitrogens with zero attached hydrogens (tertiary/aromatic N) is 2. The van der Waals surface area contributed by atoms with Crippen molar-refractivity contribution < 1.29 is 0 Å². The first kappa shape index (κ1) is 15.0. The van der Waals surface area contributed by atoms with Gasteiger partial charge < -0.3 is 4.98 Å². The van der Waals surface area contributed by atoms with Gasteiger partial charge in [-0.15, -0.1) is 0 Å². The minimum Gasteiger partial charge on any atom is -0.321 e. The van der Waals surface area contributed by atoms with Gasteiger partial charge in [0, 0.05) is 17.7 Å². The van der Waals surface area contributed by atoms with Gasteiger partial charge in [-0.25, -0.2) is 4.68 Å². The number of rotatable bonds is 3. The summed E-state index contributed by atoms with van der Waals surface area (Å²) < 4.78 is 1.44. The highest BCUT2D eigenvalue weighted by molar-refractivity contribution is 5.78. The average Bonchev–Trinajstić information content (AvgIpc) is 2.56. The summed E-state index contributed by atoms with van der Waals surface area (Å²) in [6.45, 7) is 3.81. The van der Waals surface area contributed by atoms with Gasteiger partial charge in [0.15, 0.2) is 0 Å². The molecule has 0 amide bonds. The predicted molar refractivity (Wildman–Crippen MR) is 90.4 cm³/mol. The highest BCUT2D eigenvalue weighted by atomic mass is 16.1. The Morgan fingerprint density at radius 3 is 2.39 bits per heavy atom. The van der Waals surface area contributed by atoms with Crippen LogP contribution in [0.5, 0.6) is 0 Å². The van der Waals surface area contributed by atoms with Gasteiger partial charge in [0.05, 0.1) is 17.4 Å². The summed E-state index contributed by atoms with van der Waals surface area (Å²) in [5, 5.41) is 4.44. The third-order valence-corrected chi connectivity index (χ3v) is 3.57. The molecule has 0 spiro atoms. The summed E-state index contributed by atoms with van der Waals surface area (Å²) >= 11 is 0. The van der Waals surface area contributed by atoms with Gasteiger partial charge in [0.25, 0.3) is 5.56 Å². The molecule has 0 fully saturated rings. The van der Waals surface area contributed by atoms with Crippen LogP contribution >= 0.6 is 0 Å². The molecule has 0 aliphatic carbocycles. The fourth-order valence-electron chi connectivity index (χ4n) is 2.46. The number of hydrogen-bond donors (Lipinski definition) is 1. The maximum absolute atomic E-state index is 11.9. The molecule has 23 heavy (non-hydrogen) atoms. The Balaban J connectivity index is 2.24. The van der Waals surface area contributed by atoms with Crippen LogP contribution in [0.3, 0.4) is 0 Å². The molecular weight excluding hydrogens is 290 g/mol. The molecular formula is C18H17N3O2. The van der Waals surface area contributed by atoms with E-state index in [4.69, 9.17) is 0 Å². The van der Waals surface area contributed by atoms with Crippen molar-refractivity contribution in [2.45, 2.75) is 19.9 Å². The first-order chi connectivity index (χ1) is 11.1. The van der Waals surface area contributed by atoms with E-state index >= 15 is 0 Å². The molecule has 2 heterocycles. The molecule has 5 nitrogen and oxygen atoms in total. The summed E-state index contributed by atoms with van der Waals surface area (Å²) in [7, 11) is 0. The molecule has 0 saturated heterocycles. The van der Waals surface area contributed by atoms with Gasteiger partial charge in [0.1, 0.15) is 0 Å². The minimum atomic E-state index is -0.176. The van der Waals surface area contributed by atoms with Gasteiger partial charge >= 0.3 is 0 Å². The number of aromatic nitrogens is 3. The van der Waals surface area contributed by atoms with E-state index < -0.39 is 0 Å². The topological polar surface area (TPSA) is 67.8 Å². The van der Waals surface area contributed by atoms with E-state index in [1.54, 1.807) is 12.1 Å². The van der Waals surface area contributed by atoms with E-state index in [0.29, 0.717) is 11.4 Å². The molecule has 1 N–H and O–H groups in total. The molecule has 3 aromatic rings. The second-order valence-electron chi connectivity index (χ2n) is 5.57. The monoisotopic (exact) mass is 307 g/mol. The molecule has 116 valence electrons. The zero-order valence-corrected chi connectivity index (χ0v) is 13.0. The summed E-state index contributed by atoms with van der Waals surface area (Å²) in [5.74, 6) is 0. The summed E-state index contributed by atoms with van der Waals surface area (Å²) in [4.78, 5) is 26.5. The fraction of sp³-hybridized carbons (Fsp3) is 0.167. The molecule has 0 unspecified atom stereocenters. The smallest absolute Gasteiger partial charge is 0.267 e. The third-order valence-electron chi connectivity index (χ3n) is 3.57. The van der Waals surface area contributed by atoms with Crippen LogP contribution in [0.2, 0.25) is 0 Å². The quantitative estimate of drug-likeness (QED) is 0.809. The van der Waals surface area contributed by atoms with Crippen LogP contribution in [0.4, 0.5) is 0 Å². The second kappa shape index (κ2) is 6.04. The Labute approximate surface area is 133 Å². The molecule has 0 saturated carbocycles. The fourth-order valence-corrected chi connectivity index (χ4v) is 2.46. The Bertz CT molecular complexity index is 940. The maximum Gasteiger partial charge on any atom is 0.267 e. The number of H-pyrrole nitrogens is 1. The van der Waals surface area contributed by atoms with Crippen molar-refractivity contribution in [3.8, 4) is 22.5 Å². The van der Waals surface area contributed by atoms with Gasteiger partial charge in [-0.05, 0) is 31.5 Å². The lowest BCUT2D eigenvalue weighted by molar-refractivity contribution is 0.505. The van der Waals surface area contributed by atoms with Crippen molar-refractivity contribution in [3.63, 3.8) is 0 Å². The van der Waals surface area contributed by atoms with Crippen molar-refractivity contribution in [2.75, 3.05) is 0 Å². The minimum absolute atomic E-state index is 0.0367. The Morgan fingerprint density at radius 2 is 1.70 bits per heavy atom. The van der Waals surface area contributed by atoms with Gasteiger partial charge in [-0.2, -0.15) is 5.10 Å². The zero-order chi connectivity index (χ0) is 16.4. The maximum atomic E-state index is 11.9. The second-order valence-corrected chi connectivity index (χ2v) is 5.57. The number of pyridine rings is 1. The van der Waals surface area contributed by atoms with Gasteiger partial charge in [-0.1, -0.05) is 30.3 Å². The standard InChI is InChI=1S/C18H17N3O2/c1-12(2)21-17(23)11-9-15(20-21)14-8-10-16(22)19-18(14)13-6-4-3-5-7-13/h3-12H,1-2H3,(H,19,22). The summed E-state index contributed by atoms with van der Waals surface area (Å²) in [5.41, 5.74) is 2.70. The zero-order valence-electron chi connectivity index (χ0n) is 13.0. The number of benzene rings is 1. The van der Waals surface area contributed by atoms with Crippen molar-refractivity contribution in [3.05, 3.63) is 75.3 Å². The van der Waals surface area contributed by atoms with E-state index in [9.17, 15) is 9.59 Å². The molecule has 3 rings (SSSR count). The summed E-state index contributed by atoms with van der Waals surface area (Å²) in [6.07, 6.45) is 0. The van der Waals surface area contributed by atoms with Crippen LogP contribution in [0.1, 0.15) is 19.9 Å². The third kappa shape index (κ3) is 2.99. The van der Waals surface area contributed by atoms with Crippen LogP contribution in [-0.4, -0.2) is 14.8 Å². The van der Waals surface area contributed by atoms with E-state index in [2.05, 4.69) is 10.1 Å². The highest BCUT2D eigenvalue weighted by Crippen LogP contribution is 2.27. The average molecular weight is 307 g/mol. The van der Waals surface area contributed by atoms with Crippen molar-refractivity contribution >= 4 is 0 Å². The van der Waals surface area contributed by atoms with Crippen molar-refractivity contribution in [1.82, 2.24) is 14.8 Å². The Hall–Kier alpha value is -2.95. The molecule has 0 radical (unpaired) electrons. The lowest BCUT2D eigenvalue weighted by Crippen LogP contribution is -2.24. The number of nitrogens with one attached hydrogen (secondary N) is 1. The van der Waals surface area contributed by atoms with E-state index in [1.165, 1.54) is 16.8 Å². The summed E-state index contributed by atoms with van der Waals surface area (Å²) in [6, 6.07) is 15.9. The SMILES string of the molecule is CC(C)n1nc(-c2ccc(=O)[nH]c2-c2ccccc2)ccc1=O. The van der Waals surface area contributed by atoms with Crippen LogP contribution in [0.25, 0.3) is 22.5 Å². The van der Waals surface area contributed by atoms with Gasteiger partial charge in [-0.3, -0.25) is 9.59 Å². The predicted octanol–water partition coefficient (Wildman–Crippen LogP) is 2.85. The Morgan fingerprint density at radius 1 is 0.957 bits per heavy atom. The molecule has 0 aliphatic heterocycles. The first-order valence-corrected chi connectivity index (χ1v) is 7.45. The van der Waals surface area contributed by atoms with Crippen LogP contribution in [0, 0.1) is 0 Å². The van der Waals surface area contributed by atoms with Crippen LogP contribution in [-0.2, 0) is 0 Å². The van der Waals surface area contributed by atoms with Crippen LogP contribution < -0.4 is 11.1 Å². The van der Waals surface area contributed by atoms with Crippen LogP contribution in [0.15, 0.2) is 64.2 Å². The normalized spacial score (nSPS) is 10.9. The van der Waals surface area contributed by atoms with E-state index in [-0.39, 0.29) is 17.2 Å². The largest absolute Gasteiger partial charge is 0.321 e. The molecule has 0 atom stereocenters. The van der Waals surface area contributed by atoms with E-state index in [1.807, 2.05) is 44.2 Å². The molecule has 0 aliphatic rings. The number of hydrogen-bond acceptors (Lipinski definition) is 3. The van der Waals surface area contributed by atoms with E-state index in [0.717, 1.165) is 11.1 Å². The molecule has 5 heteroatoms. The van der Waals surface area contributed by atoms with Crippen molar-refractivity contribution in [2.24, 2.45) is 0 Å². The van der Waals surface area contributed by atoms with Crippen molar-refractivity contribution in [1.29, 1.82) is 0 Å². The first-order valence-electron chi connectivity index (χ1n) is 7.45. The lowest BCUT2D eigenvalue weighted by Gasteiger charge is -2.12. The highest BCUT2D eigenvalue weighted by Gasteiger charge is 2.12. The number of aromatic amines is 1. The van der Waals surface area contributed by atoms with Gasteiger partial charge in [0.2, 0.25) is 5.56 Å². The molecule has 0 bridgehead atoms. The Kier molecular flexibility index (Phi) is 3.93. The lowest BCUT2D eigenvalue weighted by atomic mass is 10.0. The molecule has 2 aromatic heterocycles. The molecule has 1 aromatic carbocycles.